The Morgan fingerprint density at radius 3 is 2.09 bits per heavy atom. The van der Waals surface area contributed by atoms with Gasteiger partial charge < -0.3 is 9.80 Å². The average Bonchev–Trinajstić information content (AvgIpc) is 3.65. The third kappa shape index (κ3) is 4.06. The smallest absolute Gasteiger partial charge is 0.371 e. The van der Waals surface area contributed by atoms with Gasteiger partial charge in [0.25, 0.3) is 0 Å². The number of hydrogen-bond donors (Lipinski definition) is 0. The predicted molar refractivity (Wildman–Crippen MR) is 118 cm³/mol. The van der Waals surface area contributed by atoms with Crippen LogP contribution in [0.1, 0.15) is 57.4 Å². The Labute approximate surface area is 189 Å². The van der Waals surface area contributed by atoms with Crippen molar-refractivity contribution in [3.05, 3.63) is 23.8 Å². The molecular weight excluding hydrogens is 437 g/mol. The van der Waals surface area contributed by atoms with E-state index >= 15 is 0 Å². The zero-order valence-corrected chi connectivity index (χ0v) is 19.5. The number of hydrogen-bond acceptors (Lipinski definition) is 4. The summed E-state index contributed by atoms with van der Waals surface area (Å²) in [5.74, 6) is 1.56. The summed E-state index contributed by atoms with van der Waals surface area (Å²) in [7, 11) is -3.71. The van der Waals surface area contributed by atoms with Crippen molar-refractivity contribution in [1.82, 2.24) is 4.90 Å². The van der Waals surface area contributed by atoms with Crippen molar-refractivity contribution < 1.29 is 21.6 Å². The van der Waals surface area contributed by atoms with Crippen LogP contribution in [0.25, 0.3) is 0 Å². The van der Waals surface area contributed by atoms with Gasteiger partial charge in [-0.3, -0.25) is 0 Å². The van der Waals surface area contributed by atoms with E-state index in [0.29, 0.717) is 37.5 Å². The fourth-order valence-electron chi connectivity index (χ4n) is 5.73. The summed E-state index contributed by atoms with van der Waals surface area (Å²) < 4.78 is 66.0. The molecule has 0 aromatic heterocycles. The first-order valence-electron chi connectivity index (χ1n) is 12.1. The van der Waals surface area contributed by atoms with Gasteiger partial charge in [0.15, 0.2) is 9.84 Å². The molecule has 2 heterocycles. The molecule has 2 saturated carbocycles. The van der Waals surface area contributed by atoms with Gasteiger partial charge in [-0.05, 0) is 87.6 Å². The van der Waals surface area contributed by atoms with Gasteiger partial charge in [-0.15, -0.1) is 0 Å². The standard InChI is InChI=1S/C24H33F3N2O2S/c1-2-17-3-7-28(8-4-17)16-18-5-9-29(10-6-18)21-11-19(24(25,26)27)12-22(13-21)32(30,31)23-14-20(23)15-23/h11-13,17-18,20H,2-10,14-16H2,1H3. The number of likely N-dealkylation sites (tertiary alicyclic amines) is 1. The minimum atomic E-state index is -4.56. The van der Waals surface area contributed by atoms with Gasteiger partial charge in [0.2, 0.25) is 0 Å². The molecular formula is C24H33F3N2O2S. The third-order valence-electron chi connectivity index (χ3n) is 8.45. The van der Waals surface area contributed by atoms with Crippen LogP contribution in [0.2, 0.25) is 0 Å². The van der Waals surface area contributed by atoms with Crippen LogP contribution in [-0.2, 0) is 16.0 Å². The van der Waals surface area contributed by atoms with Crippen molar-refractivity contribution in [1.29, 1.82) is 0 Å². The zero-order valence-electron chi connectivity index (χ0n) is 18.7. The summed E-state index contributed by atoms with van der Waals surface area (Å²) in [5.41, 5.74) is -0.460. The molecule has 0 N–H and O–H groups in total. The fraction of sp³-hybridized carbons (Fsp3) is 0.750. The summed E-state index contributed by atoms with van der Waals surface area (Å²) in [6, 6.07) is 3.46. The molecule has 32 heavy (non-hydrogen) atoms. The second kappa shape index (κ2) is 7.90. The Morgan fingerprint density at radius 2 is 1.56 bits per heavy atom. The van der Waals surface area contributed by atoms with Gasteiger partial charge in [0, 0.05) is 25.3 Å². The lowest BCUT2D eigenvalue weighted by Crippen LogP contribution is -2.41. The van der Waals surface area contributed by atoms with Gasteiger partial charge in [0.05, 0.1) is 15.2 Å². The predicted octanol–water partition coefficient (Wildman–Crippen LogP) is 4.98. The molecule has 1 aromatic carbocycles. The van der Waals surface area contributed by atoms with Crippen molar-refractivity contribution in [3.8, 4) is 0 Å². The fourth-order valence-corrected chi connectivity index (χ4v) is 8.04. The highest BCUT2D eigenvalue weighted by Crippen LogP contribution is 2.73. The molecule has 4 nitrogen and oxygen atoms in total. The summed E-state index contributed by atoms with van der Waals surface area (Å²) in [5, 5.41) is 0. The van der Waals surface area contributed by atoms with E-state index in [1.165, 1.54) is 25.3 Å². The van der Waals surface area contributed by atoms with Gasteiger partial charge in [-0.1, -0.05) is 13.3 Å². The Bertz CT molecular complexity index is 956. The summed E-state index contributed by atoms with van der Waals surface area (Å²) in [6.07, 6.45) is 2.27. The van der Waals surface area contributed by atoms with E-state index in [4.69, 9.17) is 0 Å². The highest BCUT2D eigenvalue weighted by Gasteiger charge is 2.77. The Hall–Kier alpha value is -1.28. The van der Waals surface area contributed by atoms with Crippen LogP contribution in [0.4, 0.5) is 18.9 Å². The molecule has 0 atom stereocenters. The van der Waals surface area contributed by atoms with Crippen molar-refractivity contribution in [2.75, 3.05) is 37.6 Å². The van der Waals surface area contributed by atoms with Gasteiger partial charge in [-0.2, -0.15) is 13.2 Å². The molecule has 2 saturated heterocycles. The summed E-state index contributed by atoms with van der Waals surface area (Å²) >= 11 is 0. The molecule has 0 spiro atoms. The molecule has 0 amide bonds. The highest BCUT2D eigenvalue weighted by molar-refractivity contribution is 7.93. The Morgan fingerprint density at radius 1 is 0.969 bits per heavy atom. The van der Waals surface area contributed by atoms with Crippen LogP contribution in [0.15, 0.2) is 23.1 Å². The lowest BCUT2D eigenvalue weighted by molar-refractivity contribution is -0.137. The van der Waals surface area contributed by atoms with Gasteiger partial charge >= 0.3 is 6.18 Å². The number of benzene rings is 1. The molecule has 5 rings (SSSR count). The largest absolute Gasteiger partial charge is 0.416 e. The Kier molecular flexibility index (Phi) is 5.55. The van der Waals surface area contributed by atoms with Crippen LogP contribution in [0.3, 0.4) is 0 Å². The lowest BCUT2D eigenvalue weighted by atomic mass is 9.91. The molecule has 178 valence electrons. The van der Waals surface area contributed by atoms with Crippen molar-refractivity contribution >= 4 is 15.5 Å². The minimum absolute atomic E-state index is 0.150. The SMILES string of the molecule is CCC1CCN(CC2CCN(c3cc(C(F)(F)F)cc(S(=O)(=O)C45CC4C5)c3)CC2)CC1. The molecule has 0 unspecified atom stereocenters. The third-order valence-corrected chi connectivity index (χ3v) is 11.0. The minimum Gasteiger partial charge on any atom is -0.371 e. The maximum absolute atomic E-state index is 13.6. The first-order valence-corrected chi connectivity index (χ1v) is 13.5. The van der Waals surface area contributed by atoms with Crippen LogP contribution >= 0.6 is 0 Å². The van der Waals surface area contributed by atoms with E-state index in [-0.39, 0.29) is 10.8 Å². The van der Waals surface area contributed by atoms with Crippen LogP contribution in [0, 0.1) is 17.8 Å². The van der Waals surface area contributed by atoms with Crippen LogP contribution in [-0.4, -0.2) is 50.8 Å². The summed E-state index contributed by atoms with van der Waals surface area (Å²) in [6.45, 7) is 6.96. The maximum Gasteiger partial charge on any atom is 0.416 e. The molecule has 1 aromatic rings. The van der Waals surface area contributed by atoms with E-state index in [1.807, 2.05) is 4.90 Å². The maximum atomic E-state index is 13.6. The first-order chi connectivity index (χ1) is 15.1. The second-order valence-corrected chi connectivity index (χ2v) is 12.8. The number of alkyl halides is 3. The lowest BCUT2D eigenvalue weighted by Gasteiger charge is -2.38. The number of sulfone groups is 1. The number of piperidine rings is 2. The van der Waals surface area contributed by atoms with Crippen LogP contribution < -0.4 is 4.90 Å². The topological polar surface area (TPSA) is 40.6 Å². The molecule has 0 radical (unpaired) electrons. The number of nitrogens with zero attached hydrogens (tertiary/aromatic N) is 2. The van der Waals surface area contributed by atoms with E-state index in [0.717, 1.165) is 50.5 Å². The van der Waals surface area contributed by atoms with E-state index in [9.17, 15) is 21.6 Å². The van der Waals surface area contributed by atoms with Gasteiger partial charge in [-0.25, -0.2) is 8.42 Å². The number of rotatable bonds is 6. The molecule has 4 fully saturated rings. The monoisotopic (exact) mass is 470 g/mol. The van der Waals surface area contributed by atoms with Crippen molar-refractivity contribution in [3.63, 3.8) is 0 Å². The van der Waals surface area contributed by atoms with E-state index in [1.54, 1.807) is 0 Å². The second-order valence-electron chi connectivity index (χ2n) is 10.5. The van der Waals surface area contributed by atoms with Gasteiger partial charge in [0.1, 0.15) is 0 Å². The number of halogens is 3. The first kappa shape index (κ1) is 22.5. The molecule has 4 aliphatic rings. The molecule has 8 heteroatoms. The van der Waals surface area contributed by atoms with Crippen molar-refractivity contribution in [2.24, 2.45) is 17.8 Å². The summed E-state index contributed by atoms with van der Waals surface area (Å²) in [4.78, 5) is 4.34. The van der Waals surface area contributed by atoms with Crippen molar-refractivity contribution in [2.45, 2.75) is 67.7 Å². The van der Waals surface area contributed by atoms with E-state index in [2.05, 4.69) is 11.8 Å². The molecule has 0 bridgehead atoms. The number of anilines is 1. The molecule has 2 aliphatic heterocycles. The molecule has 2 aliphatic carbocycles. The normalized spacial score (nSPS) is 29.8. The number of fused-ring (bicyclic) bond motifs is 1. The highest BCUT2D eigenvalue weighted by atomic mass is 32.2. The van der Waals surface area contributed by atoms with E-state index < -0.39 is 26.3 Å². The zero-order chi connectivity index (χ0) is 22.7. The average molecular weight is 471 g/mol. The van der Waals surface area contributed by atoms with Crippen LogP contribution in [0.5, 0.6) is 0 Å². The Balaban J connectivity index is 1.27. The quantitative estimate of drug-likeness (QED) is 0.588.